The van der Waals surface area contributed by atoms with E-state index in [0.717, 1.165) is 5.75 Å². The quantitative estimate of drug-likeness (QED) is 0.593. The molecule has 1 aromatic carbocycles. The topological polar surface area (TPSA) is 9.23 Å². The van der Waals surface area contributed by atoms with E-state index < -0.39 is 7.77 Å². The number of hydrogen-bond acceptors (Lipinski definition) is 1. The molecule has 0 saturated heterocycles. The lowest BCUT2D eigenvalue weighted by molar-refractivity contribution is 0.633. The van der Waals surface area contributed by atoms with Crippen molar-refractivity contribution in [2.45, 2.75) is 0 Å². The van der Waals surface area contributed by atoms with E-state index in [-0.39, 0.29) is 0 Å². The molecule has 0 heterocycles. The van der Waals surface area contributed by atoms with Gasteiger partial charge in [-0.3, -0.25) is 0 Å². The third-order valence-electron chi connectivity index (χ3n) is 1.04. The Balaban J connectivity index is 2.67. The van der Waals surface area contributed by atoms with Crippen molar-refractivity contribution in [3.8, 4) is 5.75 Å². The highest BCUT2D eigenvalue weighted by atomic mass is 31.1. The molecule has 1 rings (SSSR count). The van der Waals surface area contributed by atoms with E-state index in [4.69, 9.17) is 4.52 Å². The molecule has 1 atom stereocenters. The third-order valence-corrected chi connectivity index (χ3v) is 1.62. The molecule has 10 heavy (non-hydrogen) atoms. The Kier molecular flexibility index (Phi) is 2.58. The van der Waals surface area contributed by atoms with Crippen LogP contribution in [0.15, 0.2) is 30.3 Å². The van der Waals surface area contributed by atoms with Gasteiger partial charge in [-0.15, -0.1) is 0 Å². The maximum absolute atomic E-state index is 5.40. The minimum atomic E-state index is -0.837. The van der Waals surface area contributed by atoms with Gasteiger partial charge in [0.25, 0.3) is 0 Å². The SMILES string of the molecule is C=[PH](C)Oc1ccccc1. The van der Waals surface area contributed by atoms with E-state index in [1.165, 1.54) is 0 Å². The van der Waals surface area contributed by atoms with Crippen LogP contribution >= 0.6 is 7.77 Å². The fourth-order valence-corrected chi connectivity index (χ4v) is 1.23. The second-order valence-corrected chi connectivity index (χ2v) is 3.73. The minimum absolute atomic E-state index is 0.837. The Bertz CT molecular complexity index is 218. The van der Waals surface area contributed by atoms with Gasteiger partial charge >= 0.3 is 0 Å². The normalized spacial score (nSPS) is 12.5. The molecule has 0 bridgehead atoms. The van der Waals surface area contributed by atoms with Gasteiger partial charge in [0.2, 0.25) is 0 Å². The number of benzene rings is 1. The number of rotatable bonds is 2. The van der Waals surface area contributed by atoms with Crippen LogP contribution in [0.2, 0.25) is 0 Å². The highest BCUT2D eigenvalue weighted by Crippen LogP contribution is 2.21. The number of hydrogen-bond donors (Lipinski definition) is 0. The average molecular weight is 154 g/mol. The van der Waals surface area contributed by atoms with Gasteiger partial charge in [0.1, 0.15) is 5.75 Å². The second-order valence-electron chi connectivity index (χ2n) is 2.12. The summed E-state index contributed by atoms with van der Waals surface area (Å²) in [7, 11) is -0.837. The van der Waals surface area contributed by atoms with Gasteiger partial charge in [0.05, 0.1) is 0 Å². The summed E-state index contributed by atoms with van der Waals surface area (Å²) in [5, 5.41) is 0. The van der Waals surface area contributed by atoms with Crippen molar-refractivity contribution in [2.75, 3.05) is 6.66 Å². The zero-order chi connectivity index (χ0) is 7.40. The first-order chi connectivity index (χ1) is 4.79. The van der Waals surface area contributed by atoms with Crippen molar-refractivity contribution in [1.82, 2.24) is 0 Å². The van der Waals surface area contributed by atoms with Crippen LogP contribution in [0.3, 0.4) is 0 Å². The van der Waals surface area contributed by atoms with Crippen molar-refractivity contribution >= 4 is 14.1 Å². The van der Waals surface area contributed by atoms with Crippen LogP contribution in [-0.4, -0.2) is 13.0 Å². The summed E-state index contributed by atoms with van der Waals surface area (Å²) in [5.41, 5.74) is 0. The molecule has 0 amide bonds. The predicted octanol–water partition coefficient (Wildman–Crippen LogP) is 2.26. The zero-order valence-electron chi connectivity index (χ0n) is 6.00. The lowest BCUT2D eigenvalue weighted by atomic mass is 10.3. The Morgan fingerprint density at radius 1 is 1.30 bits per heavy atom. The van der Waals surface area contributed by atoms with Crippen molar-refractivity contribution in [3.05, 3.63) is 30.3 Å². The molecule has 2 heteroatoms. The zero-order valence-corrected chi connectivity index (χ0v) is 7.00. The Hall–Kier alpha value is -0.680. The summed E-state index contributed by atoms with van der Waals surface area (Å²) in [6.07, 6.45) is 3.81. The Morgan fingerprint density at radius 3 is 2.40 bits per heavy atom. The molecular formula is C8H11OP. The lowest BCUT2D eigenvalue weighted by Gasteiger charge is -2.03. The van der Waals surface area contributed by atoms with Crippen LogP contribution in [0.4, 0.5) is 0 Å². The predicted molar refractivity (Wildman–Crippen MR) is 48.4 cm³/mol. The van der Waals surface area contributed by atoms with E-state index in [0.29, 0.717) is 0 Å². The summed E-state index contributed by atoms with van der Waals surface area (Å²) in [5.74, 6) is 0.925. The van der Waals surface area contributed by atoms with Crippen LogP contribution in [0.25, 0.3) is 0 Å². The standard InChI is InChI=1S/C8H11OP/c1-10(2)9-8-6-4-3-5-7-8/h3-7,10H,1H2,2H3. The smallest absolute Gasteiger partial charge is 0.122 e. The van der Waals surface area contributed by atoms with Gasteiger partial charge in [-0.25, -0.2) is 0 Å². The third kappa shape index (κ3) is 2.28. The molecule has 0 saturated carbocycles. The summed E-state index contributed by atoms with van der Waals surface area (Å²) in [4.78, 5) is 0. The van der Waals surface area contributed by atoms with Gasteiger partial charge in [-0.1, -0.05) is 24.5 Å². The van der Waals surface area contributed by atoms with E-state index in [1.807, 2.05) is 37.0 Å². The molecule has 0 radical (unpaired) electrons. The molecule has 0 aliphatic rings. The molecule has 0 aliphatic carbocycles. The average Bonchev–Trinajstić information content (AvgIpc) is 1.88. The van der Waals surface area contributed by atoms with E-state index >= 15 is 0 Å². The van der Waals surface area contributed by atoms with Crippen LogP contribution in [0.1, 0.15) is 0 Å². The maximum Gasteiger partial charge on any atom is 0.122 e. The fourth-order valence-electron chi connectivity index (χ4n) is 0.690. The largest absolute Gasteiger partial charge is 0.481 e. The van der Waals surface area contributed by atoms with Crippen molar-refractivity contribution in [3.63, 3.8) is 0 Å². The first kappa shape index (κ1) is 7.43. The Morgan fingerprint density at radius 2 is 1.90 bits per heavy atom. The van der Waals surface area contributed by atoms with E-state index in [9.17, 15) is 0 Å². The molecule has 54 valence electrons. The van der Waals surface area contributed by atoms with Gasteiger partial charge in [-0.05, 0) is 18.8 Å². The second kappa shape index (κ2) is 3.48. The lowest BCUT2D eigenvalue weighted by Crippen LogP contribution is -1.77. The summed E-state index contributed by atoms with van der Waals surface area (Å²) < 4.78 is 5.40. The first-order valence-electron chi connectivity index (χ1n) is 3.17. The van der Waals surface area contributed by atoms with Gasteiger partial charge in [0.15, 0.2) is 0 Å². The van der Waals surface area contributed by atoms with Crippen LogP contribution < -0.4 is 4.52 Å². The van der Waals surface area contributed by atoms with Crippen LogP contribution in [0.5, 0.6) is 5.75 Å². The molecule has 1 aromatic rings. The highest BCUT2D eigenvalue weighted by molar-refractivity contribution is 7.50. The summed E-state index contributed by atoms with van der Waals surface area (Å²) >= 11 is 0. The monoisotopic (exact) mass is 154 g/mol. The summed E-state index contributed by atoms with van der Waals surface area (Å²) in [6, 6.07) is 9.77. The molecule has 1 unspecified atom stereocenters. The van der Waals surface area contributed by atoms with E-state index in [1.54, 1.807) is 0 Å². The molecule has 0 N–H and O–H groups in total. The van der Waals surface area contributed by atoms with Crippen molar-refractivity contribution in [2.24, 2.45) is 0 Å². The molecule has 0 spiro atoms. The highest BCUT2D eigenvalue weighted by Gasteiger charge is 1.86. The van der Waals surface area contributed by atoms with E-state index in [2.05, 4.69) is 6.30 Å². The molecule has 0 aromatic heterocycles. The molecule has 0 fully saturated rings. The van der Waals surface area contributed by atoms with Gasteiger partial charge < -0.3 is 4.52 Å². The Labute approximate surface area is 62.1 Å². The maximum atomic E-state index is 5.40. The molecule has 1 nitrogen and oxygen atoms in total. The number of para-hydroxylation sites is 1. The van der Waals surface area contributed by atoms with Gasteiger partial charge in [0, 0.05) is 7.77 Å². The van der Waals surface area contributed by atoms with Crippen molar-refractivity contribution < 1.29 is 4.52 Å². The van der Waals surface area contributed by atoms with Crippen LogP contribution in [0, 0.1) is 0 Å². The fraction of sp³-hybridized carbons (Fsp3) is 0.125. The van der Waals surface area contributed by atoms with Crippen LogP contribution in [-0.2, 0) is 0 Å². The summed E-state index contributed by atoms with van der Waals surface area (Å²) in [6.45, 7) is 2.01. The minimum Gasteiger partial charge on any atom is -0.481 e. The van der Waals surface area contributed by atoms with Crippen molar-refractivity contribution in [1.29, 1.82) is 0 Å². The van der Waals surface area contributed by atoms with Gasteiger partial charge in [-0.2, -0.15) is 0 Å². The first-order valence-corrected chi connectivity index (χ1v) is 5.29. The molecular weight excluding hydrogens is 143 g/mol. The molecule has 0 aliphatic heterocycles.